The van der Waals surface area contributed by atoms with Gasteiger partial charge in [-0.3, -0.25) is 19.7 Å². The number of benzene rings is 1. The van der Waals surface area contributed by atoms with E-state index >= 15 is 0 Å². The summed E-state index contributed by atoms with van der Waals surface area (Å²) >= 11 is 0. The maximum atomic E-state index is 12.0. The number of amides is 2. The second-order valence-corrected chi connectivity index (χ2v) is 5.09. The lowest BCUT2D eigenvalue weighted by molar-refractivity contribution is -0.384. The van der Waals surface area contributed by atoms with Crippen LogP contribution in [0, 0.1) is 10.1 Å². The Morgan fingerprint density at radius 1 is 1.41 bits per heavy atom. The molecular formula is C14H17N3O5. The SMILES string of the molecule is NC(=O)[C@@H](Cc1ccc([N+](=O)[O-])cc1)NC(=O)[C@@H]1CCCO1. The molecule has 0 bridgehead atoms. The van der Waals surface area contributed by atoms with Crippen LogP contribution in [0.25, 0.3) is 0 Å². The van der Waals surface area contributed by atoms with E-state index in [4.69, 9.17) is 10.5 Å². The zero-order valence-corrected chi connectivity index (χ0v) is 11.9. The number of carbonyl (C=O) groups excluding carboxylic acids is 2. The lowest BCUT2D eigenvalue weighted by Crippen LogP contribution is -2.49. The molecule has 1 fully saturated rings. The van der Waals surface area contributed by atoms with Gasteiger partial charge in [-0.1, -0.05) is 12.1 Å². The standard InChI is InChI=1S/C14H17N3O5/c15-13(18)11(16-14(19)12-2-1-7-22-12)8-9-3-5-10(6-4-9)17(20)21/h3-6,11-12H,1-2,7-8H2,(H2,15,18)(H,16,19)/t11-,12+/m1/s1. The van der Waals surface area contributed by atoms with Crippen LogP contribution >= 0.6 is 0 Å². The highest BCUT2D eigenvalue weighted by molar-refractivity contribution is 5.88. The normalized spacial score (nSPS) is 18.6. The van der Waals surface area contributed by atoms with E-state index in [-0.39, 0.29) is 18.0 Å². The van der Waals surface area contributed by atoms with Crippen LogP contribution < -0.4 is 11.1 Å². The van der Waals surface area contributed by atoms with Crippen LogP contribution in [-0.4, -0.2) is 35.5 Å². The highest BCUT2D eigenvalue weighted by atomic mass is 16.6. The van der Waals surface area contributed by atoms with E-state index in [2.05, 4.69) is 5.32 Å². The lowest BCUT2D eigenvalue weighted by Gasteiger charge is -2.18. The smallest absolute Gasteiger partial charge is 0.269 e. The Balaban J connectivity index is 2.00. The van der Waals surface area contributed by atoms with E-state index in [1.807, 2.05) is 0 Å². The number of nitrogens with two attached hydrogens (primary N) is 1. The molecule has 0 spiro atoms. The van der Waals surface area contributed by atoms with Crippen LogP contribution in [0.3, 0.4) is 0 Å². The topological polar surface area (TPSA) is 125 Å². The fourth-order valence-corrected chi connectivity index (χ4v) is 2.26. The minimum Gasteiger partial charge on any atom is -0.368 e. The maximum absolute atomic E-state index is 12.0. The number of ether oxygens (including phenoxy) is 1. The van der Waals surface area contributed by atoms with Gasteiger partial charge in [0.05, 0.1) is 4.92 Å². The van der Waals surface area contributed by atoms with Crippen molar-refractivity contribution in [2.24, 2.45) is 5.73 Å². The van der Waals surface area contributed by atoms with E-state index in [1.165, 1.54) is 24.3 Å². The van der Waals surface area contributed by atoms with Crippen LogP contribution in [0.5, 0.6) is 0 Å². The molecule has 3 N–H and O–H groups in total. The number of nitrogens with zero attached hydrogens (tertiary/aromatic N) is 1. The van der Waals surface area contributed by atoms with Gasteiger partial charge in [-0.05, 0) is 18.4 Å². The number of primary amides is 1. The largest absolute Gasteiger partial charge is 0.368 e. The summed E-state index contributed by atoms with van der Waals surface area (Å²) in [5.41, 5.74) is 5.94. The van der Waals surface area contributed by atoms with E-state index in [9.17, 15) is 19.7 Å². The molecule has 1 saturated heterocycles. The molecule has 0 unspecified atom stereocenters. The number of carbonyl (C=O) groups is 2. The van der Waals surface area contributed by atoms with Gasteiger partial charge in [-0.2, -0.15) is 0 Å². The summed E-state index contributed by atoms with van der Waals surface area (Å²) in [6.07, 6.45) is 1.06. The summed E-state index contributed by atoms with van der Waals surface area (Å²) in [4.78, 5) is 33.5. The van der Waals surface area contributed by atoms with E-state index in [1.54, 1.807) is 0 Å². The van der Waals surface area contributed by atoms with Crippen LogP contribution in [0.2, 0.25) is 0 Å². The Bertz CT molecular complexity index is 566. The molecule has 1 aromatic carbocycles. The second-order valence-electron chi connectivity index (χ2n) is 5.09. The third-order valence-electron chi connectivity index (χ3n) is 3.47. The number of nitrogens with one attached hydrogen (secondary N) is 1. The van der Waals surface area contributed by atoms with Gasteiger partial charge >= 0.3 is 0 Å². The zero-order chi connectivity index (χ0) is 16.1. The molecule has 1 aliphatic heterocycles. The summed E-state index contributed by atoms with van der Waals surface area (Å²) in [6.45, 7) is 0.529. The summed E-state index contributed by atoms with van der Waals surface area (Å²) in [5.74, 6) is -1.02. The number of nitro groups is 1. The summed E-state index contributed by atoms with van der Waals surface area (Å²) in [6, 6.07) is 4.88. The minimum atomic E-state index is -0.877. The van der Waals surface area contributed by atoms with E-state index in [0.717, 1.165) is 6.42 Å². The predicted octanol–water partition coefficient (Wildman–Crippen LogP) is 0.286. The highest BCUT2D eigenvalue weighted by Crippen LogP contribution is 2.15. The Hall–Kier alpha value is -2.48. The Kier molecular flexibility index (Phi) is 5.05. The van der Waals surface area contributed by atoms with Crippen molar-refractivity contribution in [1.82, 2.24) is 5.32 Å². The highest BCUT2D eigenvalue weighted by Gasteiger charge is 2.27. The number of rotatable bonds is 6. The van der Waals surface area contributed by atoms with Crippen molar-refractivity contribution in [3.05, 3.63) is 39.9 Å². The Labute approximate surface area is 126 Å². The lowest BCUT2D eigenvalue weighted by atomic mass is 10.0. The van der Waals surface area contributed by atoms with Gasteiger partial charge in [0.2, 0.25) is 11.8 Å². The van der Waals surface area contributed by atoms with Gasteiger partial charge in [0.25, 0.3) is 5.69 Å². The van der Waals surface area contributed by atoms with Crippen molar-refractivity contribution in [3.63, 3.8) is 0 Å². The molecule has 8 nitrogen and oxygen atoms in total. The number of non-ortho nitro benzene ring substituents is 1. The number of hydrogen-bond donors (Lipinski definition) is 2. The van der Waals surface area contributed by atoms with Crippen molar-refractivity contribution in [3.8, 4) is 0 Å². The molecule has 1 aliphatic rings. The zero-order valence-electron chi connectivity index (χ0n) is 11.9. The first-order chi connectivity index (χ1) is 10.5. The van der Waals surface area contributed by atoms with Gasteiger partial charge < -0.3 is 15.8 Å². The molecule has 1 heterocycles. The molecule has 2 amide bonds. The van der Waals surface area contributed by atoms with Crippen molar-refractivity contribution >= 4 is 17.5 Å². The Morgan fingerprint density at radius 3 is 2.59 bits per heavy atom. The van der Waals surface area contributed by atoms with Crippen molar-refractivity contribution in [1.29, 1.82) is 0 Å². The van der Waals surface area contributed by atoms with Gasteiger partial charge in [0.15, 0.2) is 0 Å². The third kappa shape index (κ3) is 4.01. The first-order valence-electron chi connectivity index (χ1n) is 6.92. The van der Waals surface area contributed by atoms with Crippen molar-refractivity contribution in [2.45, 2.75) is 31.4 Å². The van der Waals surface area contributed by atoms with Crippen molar-refractivity contribution < 1.29 is 19.2 Å². The molecule has 2 rings (SSSR count). The van der Waals surface area contributed by atoms with Crippen LogP contribution in [0.1, 0.15) is 18.4 Å². The van der Waals surface area contributed by atoms with E-state index < -0.39 is 23.0 Å². The average Bonchev–Trinajstić information content (AvgIpc) is 3.01. The fourth-order valence-electron chi connectivity index (χ4n) is 2.26. The molecule has 0 aromatic heterocycles. The molecule has 8 heteroatoms. The summed E-state index contributed by atoms with van der Waals surface area (Å²) in [5, 5.41) is 13.2. The first-order valence-corrected chi connectivity index (χ1v) is 6.92. The van der Waals surface area contributed by atoms with Crippen molar-refractivity contribution in [2.75, 3.05) is 6.61 Å². The third-order valence-corrected chi connectivity index (χ3v) is 3.47. The monoisotopic (exact) mass is 307 g/mol. The van der Waals surface area contributed by atoms with Gasteiger partial charge in [0.1, 0.15) is 12.1 Å². The average molecular weight is 307 g/mol. The predicted molar refractivity (Wildman–Crippen MR) is 76.9 cm³/mol. The molecule has 0 radical (unpaired) electrons. The summed E-state index contributed by atoms with van der Waals surface area (Å²) < 4.78 is 5.25. The molecule has 22 heavy (non-hydrogen) atoms. The molecular weight excluding hydrogens is 290 g/mol. The Morgan fingerprint density at radius 2 is 2.09 bits per heavy atom. The van der Waals surface area contributed by atoms with E-state index in [0.29, 0.717) is 18.6 Å². The summed E-state index contributed by atoms with van der Waals surface area (Å²) in [7, 11) is 0. The second kappa shape index (κ2) is 6.99. The first kappa shape index (κ1) is 15.9. The quantitative estimate of drug-likeness (QED) is 0.577. The molecule has 1 aromatic rings. The maximum Gasteiger partial charge on any atom is 0.269 e. The van der Waals surface area contributed by atoms with Gasteiger partial charge in [0, 0.05) is 25.2 Å². The van der Waals surface area contributed by atoms with Crippen LogP contribution in [0.4, 0.5) is 5.69 Å². The molecule has 0 saturated carbocycles. The molecule has 0 aliphatic carbocycles. The van der Waals surface area contributed by atoms with Gasteiger partial charge in [-0.15, -0.1) is 0 Å². The van der Waals surface area contributed by atoms with Crippen LogP contribution in [0.15, 0.2) is 24.3 Å². The van der Waals surface area contributed by atoms with Gasteiger partial charge in [-0.25, -0.2) is 0 Å². The molecule has 2 atom stereocenters. The fraction of sp³-hybridized carbons (Fsp3) is 0.429. The minimum absolute atomic E-state index is 0.0391. The number of nitro benzene ring substituents is 1. The molecule has 118 valence electrons. The van der Waals surface area contributed by atoms with Crippen LogP contribution in [-0.2, 0) is 20.7 Å². The number of hydrogen-bond acceptors (Lipinski definition) is 5.